The number of nitrogens with zero attached hydrogens (tertiary/aromatic N) is 1. The highest BCUT2D eigenvalue weighted by Gasteiger charge is 2.12. The maximum absolute atomic E-state index is 11.5. The molecule has 112 valence electrons. The highest BCUT2D eigenvalue weighted by atomic mass is 16.5. The highest BCUT2D eigenvalue weighted by molar-refractivity contribution is 5.93. The van der Waals surface area contributed by atoms with Crippen LogP contribution in [0.15, 0.2) is 46.9 Å². The van der Waals surface area contributed by atoms with Crippen LogP contribution in [0.25, 0.3) is 22.6 Å². The summed E-state index contributed by atoms with van der Waals surface area (Å²) in [6.07, 6.45) is 0. The Morgan fingerprint density at radius 1 is 1.23 bits per heavy atom. The third-order valence-electron chi connectivity index (χ3n) is 3.20. The molecule has 0 N–H and O–H groups in total. The van der Waals surface area contributed by atoms with Gasteiger partial charge in [-0.3, -0.25) is 0 Å². The van der Waals surface area contributed by atoms with Gasteiger partial charge in [-0.25, -0.2) is 9.78 Å². The van der Waals surface area contributed by atoms with Gasteiger partial charge in [0.05, 0.1) is 19.3 Å². The summed E-state index contributed by atoms with van der Waals surface area (Å²) in [5.74, 6) is 0.842. The van der Waals surface area contributed by atoms with Crippen molar-refractivity contribution in [3.8, 4) is 17.2 Å². The Balaban J connectivity index is 2.01. The summed E-state index contributed by atoms with van der Waals surface area (Å²) in [5.41, 5.74) is 2.48. The Labute approximate surface area is 127 Å². The number of hydrogen-bond acceptors (Lipinski definition) is 5. The SMILES string of the molecule is CCOc1cccc(-c2nc3ccc(C(=O)OC)cc3o2)c1. The summed E-state index contributed by atoms with van der Waals surface area (Å²) in [6.45, 7) is 2.53. The van der Waals surface area contributed by atoms with Crippen LogP contribution < -0.4 is 4.74 Å². The average molecular weight is 297 g/mol. The first kappa shape index (κ1) is 14.1. The number of oxazole rings is 1. The second-order valence-corrected chi connectivity index (χ2v) is 4.65. The zero-order valence-electron chi connectivity index (χ0n) is 12.3. The van der Waals surface area contributed by atoms with E-state index in [0.717, 1.165) is 11.3 Å². The van der Waals surface area contributed by atoms with Gasteiger partial charge in [0.25, 0.3) is 0 Å². The molecule has 0 aliphatic carbocycles. The van der Waals surface area contributed by atoms with E-state index in [1.54, 1.807) is 18.2 Å². The zero-order valence-corrected chi connectivity index (χ0v) is 12.3. The highest BCUT2D eigenvalue weighted by Crippen LogP contribution is 2.27. The van der Waals surface area contributed by atoms with E-state index in [1.807, 2.05) is 31.2 Å². The van der Waals surface area contributed by atoms with E-state index >= 15 is 0 Å². The van der Waals surface area contributed by atoms with Gasteiger partial charge in [0.15, 0.2) is 5.58 Å². The number of aromatic nitrogens is 1. The number of carbonyl (C=O) groups is 1. The molecule has 3 rings (SSSR count). The van der Waals surface area contributed by atoms with E-state index in [4.69, 9.17) is 13.9 Å². The zero-order chi connectivity index (χ0) is 15.5. The second kappa shape index (κ2) is 5.89. The lowest BCUT2D eigenvalue weighted by Gasteiger charge is -2.03. The minimum absolute atomic E-state index is 0.404. The van der Waals surface area contributed by atoms with Crippen molar-refractivity contribution in [2.24, 2.45) is 0 Å². The molecule has 3 aromatic rings. The van der Waals surface area contributed by atoms with Gasteiger partial charge in [-0.2, -0.15) is 0 Å². The first-order chi connectivity index (χ1) is 10.7. The van der Waals surface area contributed by atoms with Crippen molar-refractivity contribution in [1.29, 1.82) is 0 Å². The maximum Gasteiger partial charge on any atom is 0.337 e. The molecule has 5 heteroatoms. The van der Waals surface area contributed by atoms with Gasteiger partial charge in [0.2, 0.25) is 5.89 Å². The second-order valence-electron chi connectivity index (χ2n) is 4.65. The number of esters is 1. The molecule has 0 atom stereocenters. The van der Waals surface area contributed by atoms with Crippen molar-refractivity contribution in [2.75, 3.05) is 13.7 Å². The lowest BCUT2D eigenvalue weighted by atomic mass is 10.2. The van der Waals surface area contributed by atoms with E-state index in [9.17, 15) is 4.79 Å². The fourth-order valence-corrected chi connectivity index (χ4v) is 2.18. The van der Waals surface area contributed by atoms with Crippen LogP contribution in [0.5, 0.6) is 5.75 Å². The molecule has 0 aliphatic heterocycles. The number of ether oxygens (including phenoxy) is 2. The van der Waals surface area contributed by atoms with Crippen LogP contribution in [0, 0.1) is 0 Å². The normalized spacial score (nSPS) is 10.6. The van der Waals surface area contributed by atoms with Crippen molar-refractivity contribution < 1.29 is 18.7 Å². The van der Waals surface area contributed by atoms with Gasteiger partial charge in [-0.05, 0) is 43.3 Å². The van der Waals surface area contributed by atoms with Crippen LogP contribution in [0.2, 0.25) is 0 Å². The Hall–Kier alpha value is -2.82. The lowest BCUT2D eigenvalue weighted by molar-refractivity contribution is 0.0601. The van der Waals surface area contributed by atoms with Gasteiger partial charge in [-0.15, -0.1) is 0 Å². The topological polar surface area (TPSA) is 61.6 Å². The maximum atomic E-state index is 11.5. The number of rotatable bonds is 4. The summed E-state index contributed by atoms with van der Waals surface area (Å²) < 4.78 is 15.9. The number of fused-ring (bicyclic) bond motifs is 1. The molecule has 0 bridgehead atoms. The van der Waals surface area contributed by atoms with E-state index in [-0.39, 0.29) is 0 Å². The molecule has 0 fully saturated rings. The number of carbonyl (C=O) groups excluding carboxylic acids is 1. The van der Waals surface area contributed by atoms with Crippen LogP contribution in [0.4, 0.5) is 0 Å². The van der Waals surface area contributed by atoms with Gasteiger partial charge < -0.3 is 13.9 Å². The molecule has 0 aliphatic rings. The van der Waals surface area contributed by atoms with E-state index in [2.05, 4.69) is 4.98 Å². The minimum Gasteiger partial charge on any atom is -0.494 e. The van der Waals surface area contributed by atoms with Crippen LogP contribution in [-0.2, 0) is 4.74 Å². The number of hydrogen-bond donors (Lipinski definition) is 0. The van der Waals surface area contributed by atoms with Crippen LogP contribution >= 0.6 is 0 Å². The Morgan fingerprint density at radius 3 is 2.86 bits per heavy atom. The summed E-state index contributed by atoms with van der Waals surface area (Å²) in [6, 6.07) is 12.6. The van der Waals surface area contributed by atoms with Gasteiger partial charge in [-0.1, -0.05) is 6.07 Å². The van der Waals surface area contributed by atoms with E-state index in [1.165, 1.54) is 7.11 Å². The van der Waals surface area contributed by atoms with Gasteiger partial charge >= 0.3 is 5.97 Å². The summed E-state index contributed by atoms with van der Waals surface area (Å²) >= 11 is 0. The van der Waals surface area contributed by atoms with Crippen LogP contribution in [0.1, 0.15) is 17.3 Å². The van der Waals surface area contributed by atoms with E-state index in [0.29, 0.717) is 29.2 Å². The molecule has 0 radical (unpaired) electrons. The molecule has 0 unspecified atom stereocenters. The molecule has 1 aromatic heterocycles. The summed E-state index contributed by atoms with van der Waals surface area (Å²) in [4.78, 5) is 16.0. The van der Waals surface area contributed by atoms with Crippen molar-refractivity contribution in [3.63, 3.8) is 0 Å². The predicted octanol–water partition coefficient (Wildman–Crippen LogP) is 3.68. The molecule has 5 nitrogen and oxygen atoms in total. The smallest absolute Gasteiger partial charge is 0.337 e. The number of benzene rings is 2. The Morgan fingerprint density at radius 2 is 2.09 bits per heavy atom. The summed E-state index contributed by atoms with van der Waals surface area (Å²) in [5, 5.41) is 0. The average Bonchev–Trinajstić information content (AvgIpc) is 2.98. The molecular formula is C17H15NO4. The van der Waals surface area contributed by atoms with E-state index < -0.39 is 5.97 Å². The monoisotopic (exact) mass is 297 g/mol. The third kappa shape index (κ3) is 2.65. The van der Waals surface area contributed by atoms with Crippen LogP contribution in [-0.4, -0.2) is 24.7 Å². The van der Waals surface area contributed by atoms with Gasteiger partial charge in [0, 0.05) is 5.56 Å². The fourth-order valence-electron chi connectivity index (χ4n) is 2.18. The molecule has 2 aromatic carbocycles. The third-order valence-corrected chi connectivity index (χ3v) is 3.20. The Bertz CT molecular complexity index is 822. The lowest BCUT2D eigenvalue weighted by Crippen LogP contribution is -2.00. The minimum atomic E-state index is -0.404. The van der Waals surface area contributed by atoms with Gasteiger partial charge in [0.1, 0.15) is 11.3 Å². The molecule has 0 saturated carbocycles. The molecule has 0 amide bonds. The molecule has 0 spiro atoms. The number of methoxy groups -OCH3 is 1. The first-order valence-electron chi connectivity index (χ1n) is 6.93. The standard InChI is InChI=1S/C17H15NO4/c1-3-21-13-6-4-5-11(9-13)16-18-14-8-7-12(17(19)20-2)10-15(14)22-16/h4-10H,3H2,1-2H3. The summed E-state index contributed by atoms with van der Waals surface area (Å²) in [7, 11) is 1.34. The molecule has 0 saturated heterocycles. The molecule has 22 heavy (non-hydrogen) atoms. The van der Waals surface area contributed by atoms with Crippen molar-refractivity contribution in [3.05, 3.63) is 48.0 Å². The fraction of sp³-hybridized carbons (Fsp3) is 0.176. The molecular weight excluding hydrogens is 282 g/mol. The first-order valence-corrected chi connectivity index (χ1v) is 6.93. The quantitative estimate of drug-likeness (QED) is 0.687. The molecule has 1 heterocycles. The predicted molar refractivity (Wildman–Crippen MR) is 82.0 cm³/mol. The Kier molecular flexibility index (Phi) is 3.78. The largest absolute Gasteiger partial charge is 0.494 e. The van der Waals surface area contributed by atoms with Crippen molar-refractivity contribution in [1.82, 2.24) is 4.98 Å². The van der Waals surface area contributed by atoms with Crippen LogP contribution in [0.3, 0.4) is 0 Å². The van der Waals surface area contributed by atoms with Crippen molar-refractivity contribution >= 4 is 17.1 Å². The van der Waals surface area contributed by atoms with Crippen molar-refractivity contribution in [2.45, 2.75) is 6.92 Å².